The highest BCUT2D eigenvalue weighted by molar-refractivity contribution is 7.17. The Hall–Kier alpha value is -0.530. The topological polar surface area (TPSA) is 0 Å². The molecule has 0 fully saturated rings. The number of aryl methyl sites for hydroxylation is 2. The summed E-state index contributed by atoms with van der Waals surface area (Å²) in [5.41, 5.74) is 4.06. The maximum Gasteiger partial charge on any atom is 0.0483 e. The second-order valence-electron chi connectivity index (χ2n) is 3.48. The third-order valence-corrected chi connectivity index (χ3v) is 3.92. The summed E-state index contributed by atoms with van der Waals surface area (Å²) in [4.78, 5) is 0. The first-order chi connectivity index (χ1) is 6.77. The zero-order chi connectivity index (χ0) is 10.1. The minimum Gasteiger partial charge on any atom is -0.144 e. The largest absolute Gasteiger partial charge is 0.144 e. The van der Waals surface area contributed by atoms with Crippen LogP contribution in [-0.4, -0.2) is 0 Å². The highest BCUT2D eigenvalue weighted by atomic mass is 35.5. The lowest BCUT2D eigenvalue weighted by atomic mass is 10.0. The van der Waals surface area contributed by atoms with Crippen LogP contribution in [0.1, 0.15) is 23.6 Å². The SMILES string of the molecule is CCc1cc(C)c(CCl)c2ccsc12. The van der Waals surface area contributed by atoms with Gasteiger partial charge in [-0.15, -0.1) is 22.9 Å². The molecule has 0 aliphatic heterocycles. The Morgan fingerprint density at radius 1 is 1.43 bits per heavy atom. The van der Waals surface area contributed by atoms with Gasteiger partial charge in [-0.2, -0.15) is 0 Å². The van der Waals surface area contributed by atoms with E-state index in [-0.39, 0.29) is 0 Å². The third-order valence-electron chi connectivity index (χ3n) is 2.66. The van der Waals surface area contributed by atoms with Crippen LogP contribution in [0.5, 0.6) is 0 Å². The van der Waals surface area contributed by atoms with Crippen LogP contribution < -0.4 is 0 Å². The average Bonchev–Trinajstić information content (AvgIpc) is 2.65. The Balaban J connectivity index is 2.81. The zero-order valence-corrected chi connectivity index (χ0v) is 10.0. The van der Waals surface area contributed by atoms with E-state index in [1.165, 1.54) is 26.8 Å². The molecule has 1 aromatic heterocycles. The fourth-order valence-electron chi connectivity index (χ4n) is 1.86. The Morgan fingerprint density at radius 3 is 2.86 bits per heavy atom. The molecule has 0 amide bonds. The maximum atomic E-state index is 5.97. The van der Waals surface area contributed by atoms with Crippen molar-refractivity contribution in [2.75, 3.05) is 0 Å². The summed E-state index contributed by atoms with van der Waals surface area (Å²) in [6.07, 6.45) is 1.10. The summed E-state index contributed by atoms with van der Waals surface area (Å²) in [5, 5.41) is 3.50. The molecule has 0 aliphatic rings. The van der Waals surface area contributed by atoms with Crippen LogP contribution in [0.4, 0.5) is 0 Å². The first kappa shape index (κ1) is 10.0. The minimum atomic E-state index is 0.614. The van der Waals surface area contributed by atoms with Crippen LogP contribution in [0.2, 0.25) is 0 Å². The van der Waals surface area contributed by atoms with Gasteiger partial charge < -0.3 is 0 Å². The van der Waals surface area contributed by atoms with E-state index in [0.717, 1.165) is 6.42 Å². The standard InChI is InChI=1S/C12H13ClS/c1-3-9-6-8(2)11(7-13)10-4-5-14-12(9)10/h4-6H,3,7H2,1-2H3. The van der Waals surface area contributed by atoms with Gasteiger partial charge in [-0.1, -0.05) is 13.0 Å². The summed E-state index contributed by atoms with van der Waals surface area (Å²) in [6.45, 7) is 4.35. The highest BCUT2D eigenvalue weighted by Crippen LogP contribution is 2.31. The van der Waals surface area contributed by atoms with Gasteiger partial charge in [0.05, 0.1) is 0 Å². The van der Waals surface area contributed by atoms with Gasteiger partial charge in [-0.3, -0.25) is 0 Å². The van der Waals surface area contributed by atoms with E-state index >= 15 is 0 Å². The van der Waals surface area contributed by atoms with E-state index in [1.54, 1.807) is 0 Å². The lowest BCUT2D eigenvalue weighted by molar-refractivity contribution is 1.15. The Bertz CT molecular complexity index is 457. The first-order valence-corrected chi connectivity index (χ1v) is 6.23. The van der Waals surface area contributed by atoms with Crippen LogP contribution in [0.25, 0.3) is 10.1 Å². The molecule has 0 N–H and O–H groups in total. The van der Waals surface area contributed by atoms with Gasteiger partial charge in [0, 0.05) is 10.6 Å². The van der Waals surface area contributed by atoms with Gasteiger partial charge in [0.25, 0.3) is 0 Å². The smallest absolute Gasteiger partial charge is 0.0483 e. The molecule has 0 bridgehead atoms. The van der Waals surface area contributed by atoms with Crippen molar-refractivity contribution in [3.8, 4) is 0 Å². The molecular weight excluding hydrogens is 212 g/mol. The molecule has 2 rings (SSSR count). The van der Waals surface area contributed by atoms with Crippen molar-refractivity contribution in [2.45, 2.75) is 26.1 Å². The summed E-state index contributed by atoms with van der Waals surface area (Å²) in [7, 11) is 0. The molecule has 0 nitrogen and oxygen atoms in total. The van der Waals surface area contributed by atoms with E-state index in [4.69, 9.17) is 11.6 Å². The summed E-state index contributed by atoms with van der Waals surface area (Å²) in [5.74, 6) is 0.614. The number of fused-ring (bicyclic) bond motifs is 1. The molecule has 1 aromatic carbocycles. The van der Waals surface area contributed by atoms with Crippen molar-refractivity contribution < 1.29 is 0 Å². The summed E-state index contributed by atoms with van der Waals surface area (Å²) < 4.78 is 1.41. The molecular formula is C12H13ClS. The van der Waals surface area contributed by atoms with Crippen LogP contribution in [-0.2, 0) is 12.3 Å². The van der Waals surface area contributed by atoms with Gasteiger partial charge >= 0.3 is 0 Å². The number of halogens is 1. The molecule has 14 heavy (non-hydrogen) atoms. The van der Waals surface area contributed by atoms with Gasteiger partial charge in [-0.05, 0) is 46.9 Å². The fourth-order valence-corrected chi connectivity index (χ4v) is 3.23. The molecule has 0 saturated heterocycles. The summed E-state index contributed by atoms with van der Waals surface area (Å²) >= 11 is 7.79. The fraction of sp³-hybridized carbons (Fsp3) is 0.333. The number of thiophene rings is 1. The minimum absolute atomic E-state index is 0.614. The van der Waals surface area contributed by atoms with E-state index in [1.807, 2.05) is 11.3 Å². The second kappa shape index (κ2) is 3.92. The predicted molar refractivity (Wildman–Crippen MR) is 65.5 cm³/mol. The molecule has 0 unspecified atom stereocenters. The van der Waals surface area contributed by atoms with Crippen LogP contribution in [0.15, 0.2) is 17.5 Å². The molecule has 2 heteroatoms. The molecule has 0 saturated carbocycles. The van der Waals surface area contributed by atoms with Crippen LogP contribution in [0, 0.1) is 6.92 Å². The molecule has 2 aromatic rings. The first-order valence-electron chi connectivity index (χ1n) is 4.82. The molecule has 1 heterocycles. The van der Waals surface area contributed by atoms with Crippen molar-refractivity contribution >= 4 is 33.0 Å². The zero-order valence-electron chi connectivity index (χ0n) is 8.43. The average molecular weight is 225 g/mol. The lowest BCUT2D eigenvalue weighted by Crippen LogP contribution is -1.90. The molecule has 0 aliphatic carbocycles. The number of hydrogen-bond acceptors (Lipinski definition) is 1. The van der Waals surface area contributed by atoms with E-state index in [9.17, 15) is 0 Å². The number of alkyl halides is 1. The quantitative estimate of drug-likeness (QED) is 0.659. The van der Waals surface area contributed by atoms with E-state index in [2.05, 4.69) is 31.4 Å². The van der Waals surface area contributed by atoms with Crippen molar-refractivity contribution in [1.82, 2.24) is 0 Å². The maximum absolute atomic E-state index is 5.97. The van der Waals surface area contributed by atoms with E-state index in [0.29, 0.717) is 5.88 Å². The molecule has 0 radical (unpaired) electrons. The lowest BCUT2D eigenvalue weighted by Gasteiger charge is -2.08. The Morgan fingerprint density at radius 2 is 2.21 bits per heavy atom. The Labute approximate surface area is 93.5 Å². The summed E-state index contributed by atoms with van der Waals surface area (Å²) in [6, 6.07) is 4.46. The predicted octanol–water partition coefficient (Wildman–Crippen LogP) is 4.51. The second-order valence-corrected chi connectivity index (χ2v) is 4.67. The van der Waals surface area contributed by atoms with Crippen LogP contribution >= 0.6 is 22.9 Å². The van der Waals surface area contributed by atoms with Crippen molar-refractivity contribution in [2.24, 2.45) is 0 Å². The van der Waals surface area contributed by atoms with Crippen molar-refractivity contribution in [3.05, 3.63) is 34.2 Å². The monoisotopic (exact) mass is 224 g/mol. The van der Waals surface area contributed by atoms with Crippen LogP contribution in [0.3, 0.4) is 0 Å². The third kappa shape index (κ3) is 1.45. The molecule has 74 valence electrons. The number of rotatable bonds is 2. The number of hydrogen-bond donors (Lipinski definition) is 0. The number of benzene rings is 1. The normalized spacial score (nSPS) is 11.1. The molecule has 0 atom stereocenters. The van der Waals surface area contributed by atoms with Gasteiger partial charge in [0.2, 0.25) is 0 Å². The molecule has 0 spiro atoms. The van der Waals surface area contributed by atoms with Gasteiger partial charge in [0.1, 0.15) is 0 Å². The highest BCUT2D eigenvalue weighted by Gasteiger charge is 2.08. The van der Waals surface area contributed by atoms with E-state index < -0.39 is 0 Å². The van der Waals surface area contributed by atoms with Crippen molar-refractivity contribution in [3.63, 3.8) is 0 Å². The van der Waals surface area contributed by atoms with Gasteiger partial charge in [-0.25, -0.2) is 0 Å². The Kier molecular flexibility index (Phi) is 2.80. The van der Waals surface area contributed by atoms with Gasteiger partial charge in [0.15, 0.2) is 0 Å². The van der Waals surface area contributed by atoms with Crippen molar-refractivity contribution in [1.29, 1.82) is 0 Å².